The largest absolute Gasteiger partial charge is 0.384 e. The first kappa shape index (κ1) is 17.3. The Labute approximate surface area is 144 Å². The molecule has 1 unspecified atom stereocenters. The molecule has 130 valence electrons. The topological polar surface area (TPSA) is 50.1 Å². The Morgan fingerprint density at radius 3 is 2.28 bits per heavy atom. The number of hydrogen-bond donors (Lipinski definition) is 2. The molecule has 3 aromatic rings. The summed E-state index contributed by atoms with van der Waals surface area (Å²) in [5, 5.41) is 17.9. The Balaban J connectivity index is 1.59. The molecule has 0 aliphatic heterocycles. The summed E-state index contributed by atoms with van der Waals surface area (Å²) in [5.41, 5.74) is 1.23. The fraction of sp³-hybridized carbons (Fsp3) is 0.211. The first-order valence-electron chi connectivity index (χ1n) is 7.93. The second kappa shape index (κ2) is 7.13. The van der Waals surface area contributed by atoms with Gasteiger partial charge < -0.3 is 10.4 Å². The first-order chi connectivity index (χ1) is 11.9. The van der Waals surface area contributed by atoms with Crippen LogP contribution < -0.4 is 5.32 Å². The molecule has 4 nitrogen and oxygen atoms in total. The van der Waals surface area contributed by atoms with Crippen molar-refractivity contribution in [1.82, 2.24) is 15.1 Å². The van der Waals surface area contributed by atoms with Crippen molar-refractivity contribution in [3.05, 3.63) is 83.7 Å². The van der Waals surface area contributed by atoms with Crippen LogP contribution in [0.3, 0.4) is 0 Å². The van der Waals surface area contributed by atoms with Gasteiger partial charge in [-0.05, 0) is 48.9 Å². The highest BCUT2D eigenvalue weighted by Crippen LogP contribution is 2.20. The molecular formula is C19H19F2N3O. The summed E-state index contributed by atoms with van der Waals surface area (Å²) in [6, 6.07) is 11.9. The van der Waals surface area contributed by atoms with E-state index in [1.54, 1.807) is 42.1 Å². The number of rotatable bonds is 6. The van der Waals surface area contributed by atoms with Gasteiger partial charge in [-0.15, -0.1) is 0 Å². The molecule has 0 aliphatic rings. The zero-order valence-corrected chi connectivity index (χ0v) is 13.8. The van der Waals surface area contributed by atoms with Crippen molar-refractivity contribution in [1.29, 1.82) is 0 Å². The SMILES string of the molecule is CC(O)(CNCc1cnn(-c2ccc(F)cc2)c1)c1ccc(F)cc1. The minimum Gasteiger partial charge on any atom is -0.384 e. The summed E-state index contributed by atoms with van der Waals surface area (Å²) in [6.45, 7) is 2.49. The van der Waals surface area contributed by atoms with Crippen LogP contribution in [0.25, 0.3) is 5.69 Å². The summed E-state index contributed by atoms with van der Waals surface area (Å²) in [4.78, 5) is 0. The van der Waals surface area contributed by atoms with Gasteiger partial charge in [0.25, 0.3) is 0 Å². The molecule has 0 amide bonds. The van der Waals surface area contributed by atoms with Crippen molar-refractivity contribution < 1.29 is 13.9 Å². The van der Waals surface area contributed by atoms with E-state index in [0.29, 0.717) is 18.7 Å². The molecule has 6 heteroatoms. The van der Waals surface area contributed by atoms with Gasteiger partial charge in [0.05, 0.1) is 17.5 Å². The van der Waals surface area contributed by atoms with Gasteiger partial charge in [0, 0.05) is 24.8 Å². The molecule has 0 fully saturated rings. The third kappa shape index (κ3) is 4.29. The molecule has 2 aromatic carbocycles. The van der Waals surface area contributed by atoms with Crippen LogP contribution in [0.1, 0.15) is 18.1 Å². The van der Waals surface area contributed by atoms with Crippen molar-refractivity contribution in [2.24, 2.45) is 0 Å². The third-order valence-corrected chi connectivity index (χ3v) is 3.99. The smallest absolute Gasteiger partial charge is 0.123 e. The average Bonchev–Trinajstić information content (AvgIpc) is 3.04. The quantitative estimate of drug-likeness (QED) is 0.723. The Hall–Kier alpha value is -2.57. The highest BCUT2D eigenvalue weighted by atomic mass is 19.1. The predicted octanol–water partition coefficient (Wildman–Crippen LogP) is 3.15. The minimum atomic E-state index is -1.11. The maximum atomic E-state index is 13.0. The molecule has 0 spiro atoms. The molecule has 0 radical (unpaired) electrons. The van der Waals surface area contributed by atoms with Crippen molar-refractivity contribution in [2.75, 3.05) is 6.54 Å². The van der Waals surface area contributed by atoms with Gasteiger partial charge in [-0.25, -0.2) is 13.5 Å². The van der Waals surface area contributed by atoms with E-state index < -0.39 is 5.60 Å². The highest BCUT2D eigenvalue weighted by molar-refractivity contribution is 5.31. The Kier molecular flexibility index (Phi) is 4.92. The molecule has 0 aliphatic carbocycles. The van der Waals surface area contributed by atoms with Gasteiger partial charge in [0.1, 0.15) is 11.6 Å². The Bertz CT molecular complexity index is 827. The van der Waals surface area contributed by atoms with E-state index in [-0.39, 0.29) is 11.6 Å². The molecule has 0 saturated carbocycles. The van der Waals surface area contributed by atoms with Gasteiger partial charge in [-0.2, -0.15) is 5.10 Å². The van der Waals surface area contributed by atoms with Crippen molar-refractivity contribution >= 4 is 0 Å². The minimum absolute atomic E-state index is 0.291. The van der Waals surface area contributed by atoms with Crippen molar-refractivity contribution in [3.63, 3.8) is 0 Å². The van der Waals surface area contributed by atoms with Crippen LogP contribution in [-0.2, 0) is 12.1 Å². The fourth-order valence-electron chi connectivity index (χ4n) is 2.55. The van der Waals surface area contributed by atoms with Crippen LogP contribution in [0.15, 0.2) is 60.9 Å². The van der Waals surface area contributed by atoms with E-state index in [1.165, 1.54) is 24.3 Å². The maximum Gasteiger partial charge on any atom is 0.123 e. The fourth-order valence-corrected chi connectivity index (χ4v) is 2.55. The highest BCUT2D eigenvalue weighted by Gasteiger charge is 2.22. The van der Waals surface area contributed by atoms with Crippen LogP contribution in [0.4, 0.5) is 8.78 Å². The summed E-state index contributed by atoms with van der Waals surface area (Å²) < 4.78 is 27.6. The van der Waals surface area contributed by atoms with E-state index in [1.807, 2.05) is 6.20 Å². The number of hydrogen-bond acceptors (Lipinski definition) is 3. The third-order valence-electron chi connectivity index (χ3n) is 3.99. The predicted molar refractivity (Wildman–Crippen MR) is 91.2 cm³/mol. The maximum absolute atomic E-state index is 13.0. The number of nitrogens with zero attached hydrogens (tertiary/aromatic N) is 2. The zero-order valence-electron chi connectivity index (χ0n) is 13.8. The lowest BCUT2D eigenvalue weighted by Crippen LogP contribution is -2.35. The number of aromatic nitrogens is 2. The van der Waals surface area contributed by atoms with Gasteiger partial charge in [-0.1, -0.05) is 12.1 Å². The van der Waals surface area contributed by atoms with Crippen LogP contribution in [0.5, 0.6) is 0 Å². The van der Waals surface area contributed by atoms with E-state index in [9.17, 15) is 13.9 Å². The summed E-state index contributed by atoms with van der Waals surface area (Å²) in [7, 11) is 0. The Morgan fingerprint density at radius 2 is 1.64 bits per heavy atom. The van der Waals surface area contributed by atoms with Gasteiger partial charge in [-0.3, -0.25) is 0 Å². The van der Waals surface area contributed by atoms with E-state index in [0.717, 1.165) is 11.3 Å². The number of aliphatic hydroxyl groups is 1. The monoisotopic (exact) mass is 343 g/mol. The summed E-state index contributed by atoms with van der Waals surface area (Å²) in [6.07, 6.45) is 3.55. The summed E-state index contributed by atoms with van der Waals surface area (Å²) in [5.74, 6) is -0.624. The van der Waals surface area contributed by atoms with Crippen LogP contribution >= 0.6 is 0 Å². The van der Waals surface area contributed by atoms with E-state index in [4.69, 9.17) is 0 Å². The average molecular weight is 343 g/mol. The van der Waals surface area contributed by atoms with Gasteiger partial charge in [0.15, 0.2) is 0 Å². The van der Waals surface area contributed by atoms with Crippen LogP contribution in [-0.4, -0.2) is 21.4 Å². The van der Waals surface area contributed by atoms with Crippen molar-refractivity contribution in [2.45, 2.75) is 19.1 Å². The molecule has 0 bridgehead atoms. The molecule has 1 heterocycles. The van der Waals surface area contributed by atoms with Gasteiger partial charge in [0.2, 0.25) is 0 Å². The Morgan fingerprint density at radius 1 is 1.04 bits per heavy atom. The lowest BCUT2D eigenvalue weighted by Gasteiger charge is -2.24. The van der Waals surface area contributed by atoms with Crippen LogP contribution in [0, 0.1) is 11.6 Å². The molecule has 0 saturated heterocycles. The van der Waals surface area contributed by atoms with Gasteiger partial charge >= 0.3 is 0 Å². The second-order valence-electron chi connectivity index (χ2n) is 6.15. The first-order valence-corrected chi connectivity index (χ1v) is 7.93. The molecule has 3 rings (SSSR count). The number of nitrogens with one attached hydrogen (secondary N) is 1. The second-order valence-corrected chi connectivity index (χ2v) is 6.15. The standard InChI is InChI=1S/C19H19F2N3O/c1-19(25,15-2-4-16(20)5-3-15)13-22-10-14-11-23-24(12-14)18-8-6-17(21)7-9-18/h2-9,11-12,22,25H,10,13H2,1H3. The van der Waals surface area contributed by atoms with E-state index in [2.05, 4.69) is 10.4 Å². The van der Waals surface area contributed by atoms with Crippen LogP contribution in [0.2, 0.25) is 0 Å². The lowest BCUT2D eigenvalue weighted by atomic mass is 9.96. The molecule has 1 atom stereocenters. The zero-order chi connectivity index (χ0) is 17.9. The normalized spacial score (nSPS) is 13.6. The van der Waals surface area contributed by atoms with E-state index >= 15 is 0 Å². The summed E-state index contributed by atoms with van der Waals surface area (Å²) >= 11 is 0. The number of benzene rings is 2. The molecular weight excluding hydrogens is 324 g/mol. The number of halogens is 2. The molecule has 1 aromatic heterocycles. The lowest BCUT2D eigenvalue weighted by molar-refractivity contribution is 0.0566. The molecule has 25 heavy (non-hydrogen) atoms. The van der Waals surface area contributed by atoms with Crippen molar-refractivity contribution in [3.8, 4) is 5.69 Å². The molecule has 2 N–H and O–H groups in total.